The molecule has 112 valence electrons. The molecule has 21 heavy (non-hydrogen) atoms. The predicted molar refractivity (Wildman–Crippen MR) is 80.3 cm³/mol. The number of piperidine rings is 1. The number of hydrogen-bond donors (Lipinski definition) is 2. The molecule has 0 amide bonds. The van der Waals surface area contributed by atoms with Crippen molar-refractivity contribution in [3.8, 4) is 17.1 Å². The number of nitrogens with two attached hydrogens (primary N) is 1. The van der Waals surface area contributed by atoms with Crippen LogP contribution in [-0.4, -0.2) is 23.8 Å². The summed E-state index contributed by atoms with van der Waals surface area (Å²) in [6.07, 6.45) is 3.34. The highest BCUT2D eigenvalue weighted by Gasteiger charge is 2.22. The van der Waals surface area contributed by atoms with Crippen LogP contribution in [-0.2, 0) is 0 Å². The molecule has 0 unspecified atom stereocenters. The maximum absolute atomic E-state index is 6.07. The fourth-order valence-electron chi connectivity index (χ4n) is 2.46. The van der Waals surface area contributed by atoms with E-state index >= 15 is 0 Å². The highest BCUT2D eigenvalue weighted by Crippen LogP contribution is 2.35. The third-order valence-corrected chi connectivity index (χ3v) is 3.94. The van der Waals surface area contributed by atoms with Crippen LogP contribution in [0.25, 0.3) is 11.4 Å². The van der Waals surface area contributed by atoms with E-state index in [-0.39, 0.29) is 6.04 Å². The second-order valence-electron chi connectivity index (χ2n) is 5.03. The Morgan fingerprint density at radius 2 is 2.29 bits per heavy atom. The van der Waals surface area contributed by atoms with Crippen LogP contribution in [0.5, 0.6) is 5.75 Å². The summed E-state index contributed by atoms with van der Waals surface area (Å²) in [5, 5.41) is 7.85. The normalized spacial score (nSPS) is 18.7. The molecule has 1 aliphatic heterocycles. The van der Waals surface area contributed by atoms with Crippen molar-refractivity contribution >= 4 is 17.3 Å². The maximum atomic E-state index is 6.07. The monoisotopic (exact) mass is 308 g/mol. The number of nitrogens with zero attached hydrogens (tertiary/aromatic N) is 2. The minimum absolute atomic E-state index is 0.121. The first-order valence-electron chi connectivity index (χ1n) is 6.89. The van der Waals surface area contributed by atoms with Crippen LogP contribution in [0.3, 0.4) is 0 Å². The van der Waals surface area contributed by atoms with E-state index in [0.717, 1.165) is 19.4 Å². The molecule has 0 spiro atoms. The van der Waals surface area contributed by atoms with E-state index in [1.165, 1.54) is 6.42 Å². The van der Waals surface area contributed by atoms with Crippen molar-refractivity contribution in [3.63, 3.8) is 0 Å². The molecule has 0 aliphatic carbocycles. The van der Waals surface area contributed by atoms with Gasteiger partial charge in [-0.25, -0.2) is 0 Å². The summed E-state index contributed by atoms with van der Waals surface area (Å²) in [4.78, 5) is 4.46. The van der Waals surface area contributed by atoms with E-state index in [1.54, 1.807) is 19.2 Å². The zero-order valence-electron chi connectivity index (χ0n) is 11.7. The number of nitrogen functional groups attached to an aromatic ring is 1. The molecule has 1 fully saturated rings. The van der Waals surface area contributed by atoms with Crippen molar-refractivity contribution in [2.75, 3.05) is 19.4 Å². The first-order valence-corrected chi connectivity index (χ1v) is 7.27. The first kappa shape index (κ1) is 14.2. The zero-order valence-corrected chi connectivity index (χ0v) is 12.5. The third-order valence-electron chi connectivity index (χ3n) is 3.61. The van der Waals surface area contributed by atoms with Gasteiger partial charge in [0.05, 0.1) is 29.4 Å². The summed E-state index contributed by atoms with van der Waals surface area (Å²) in [6, 6.07) is 3.47. The standard InChI is InChI=1S/C14H17ClN4O2/c1-20-12-7-10(16)9(15)6-8(12)13-18-14(21-19-13)11-4-2-3-5-17-11/h6-7,11,17H,2-5,16H2,1H3/t11-/m0/s1. The molecule has 2 heterocycles. The third kappa shape index (κ3) is 2.82. The fourth-order valence-corrected chi connectivity index (χ4v) is 2.63. The van der Waals surface area contributed by atoms with Gasteiger partial charge in [-0.2, -0.15) is 4.98 Å². The van der Waals surface area contributed by atoms with Crippen LogP contribution in [0.15, 0.2) is 16.7 Å². The van der Waals surface area contributed by atoms with E-state index < -0.39 is 0 Å². The Kier molecular flexibility index (Phi) is 3.98. The number of ether oxygens (including phenoxy) is 1. The maximum Gasteiger partial charge on any atom is 0.244 e. The van der Waals surface area contributed by atoms with Crippen molar-refractivity contribution in [2.45, 2.75) is 25.3 Å². The lowest BCUT2D eigenvalue weighted by molar-refractivity contribution is 0.297. The Balaban J connectivity index is 1.94. The molecule has 0 radical (unpaired) electrons. The lowest BCUT2D eigenvalue weighted by Gasteiger charge is -2.19. The average Bonchev–Trinajstić information content (AvgIpc) is 3.00. The van der Waals surface area contributed by atoms with Crippen molar-refractivity contribution in [1.29, 1.82) is 0 Å². The van der Waals surface area contributed by atoms with E-state index in [0.29, 0.717) is 33.7 Å². The number of halogens is 1. The summed E-state index contributed by atoms with van der Waals surface area (Å²) < 4.78 is 10.7. The van der Waals surface area contributed by atoms with Crippen molar-refractivity contribution < 1.29 is 9.26 Å². The van der Waals surface area contributed by atoms with Crippen LogP contribution in [0.1, 0.15) is 31.2 Å². The number of anilines is 1. The van der Waals surface area contributed by atoms with Crippen LogP contribution in [0.2, 0.25) is 5.02 Å². The molecule has 1 aromatic carbocycles. The number of benzene rings is 1. The second kappa shape index (κ2) is 5.91. The highest BCUT2D eigenvalue weighted by molar-refractivity contribution is 6.33. The summed E-state index contributed by atoms with van der Waals surface area (Å²) in [7, 11) is 1.57. The minimum atomic E-state index is 0.121. The Labute approximate surface area is 127 Å². The molecular formula is C14H17ClN4O2. The van der Waals surface area contributed by atoms with Gasteiger partial charge in [0, 0.05) is 6.07 Å². The molecule has 7 heteroatoms. The average molecular weight is 309 g/mol. The quantitative estimate of drug-likeness (QED) is 0.848. The van der Waals surface area contributed by atoms with Gasteiger partial charge in [-0.1, -0.05) is 23.2 Å². The number of hydrogen-bond acceptors (Lipinski definition) is 6. The summed E-state index contributed by atoms with van der Waals surface area (Å²) >= 11 is 6.07. The van der Waals surface area contributed by atoms with Gasteiger partial charge >= 0.3 is 0 Å². The van der Waals surface area contributed by atoms with E-state index in [1.807, 2.05) is 0 Å². The Hall–Kier alpha value is -1.79. The number of aromatic nitrogens is 2. The zero-order chi connectivity index (χ0) is 14.8. The van der Waals surface area contributed by atoms with Crippen molar-refractivity contribution in [3.05, 3.63) is 23.0 Å². The highest BCUT2D eigenvalue weighted by atomic mass is 35.5. The number of nitrogens with one attached hydrogen (secondary N) is 1. The van der Waals surface area contributed by atoms with Crippen LogP contribution in [0.4, 0.5) is 5.69 Å². The second-order valence-corrected chi connectivity index (χ2v) is 5.44. The minimum Gasteiger partial charge on any atom is -0.496 e. The molecule has 0 bridgehead atoms. The summed E-state index contributed by atoms with van der Waals surface area (Å²) in [5.41, 5.74) is 6.90. The number of methoxy groups -OCH3 is 1. The molecule has 1 saturated heterocycles. The Bertz CT molecular complexity index is 638. The van der Waals surface area contributed by atoms with Gasteiger partial charge in [0.15, 0.2) is 0 Å². The Morgan fingerprint density at radius 3 is 3.00 bits per heavy atom. The first-order chi connectivity index (χ1) is 10.2. The lowest BCUT2D eigenvalue weighted by atomic mass is 10.1. The fraction of sp³-hybridized carbons (Fsp3) is 0.429. The summed E-state index contributed by atoms with van der Waals surface area (Å²) in [5.74, 6) is 1.62. The van der Waals surface area contributed by atoms with Crippen LogP contribution in [0, 0.1) is 0 Å². The van der Waals surface area contributed by atoms with E-state index in [4.69, 9.17) is 26.6 Å². The van der Waals surface area contributed by atoms with Gasteiger partial charge < -0.3 is 20.3 Å². The number of rotatable bonds is 3. The molecule has 6 nitrogen and oxygen atoms in total. The largest absolute Gasteiger partial charge is 0.496 e. The van der Waals surface area contributed by atoms with Gasteiger partial charge in [0.2, 0.25) is 11.7 Å². The molecule has 1 aromatic heterocycles. The SMILES string of the molecule is COc1cc(N)c(Cl)cc1-c1noc([C@@H]2CCCCN2)n1. The molecule has 3 N–H and O–H groups in total. The van der Waals surface area contributed by atoms with Crippen molar-refractivity contribution in [2.24, 2.45) is 0 Å². The molecule has 1 atom stereocenters. The van der Waals surface area contributed by atoms with Gasteiger partial charge in [0.25, 0.3) is 0 Å². The smallest absolute Gasteiger partial charge is 0.244 e. The molecular weight excluding hydrogens is 292 g/mol. The molecule has 3 rings (SSSR count). The van der Waals surface area contributed by atoms with Gasteiger partial charge in [-0.05, 0) is 25.5 Å². The van der Waals surface area contributed by atoms with Gasteiger partial charge in [0.1, 0.15) is 5.75 Å². The van der Waals surface area contributed by atoms with Crippen LogP contribution >= 0.6 is 11.6 Å². The van der Waals surface area contributed by atoms with Crippen molar-refractivity contribution in [1.82, 2.24) is 15.5 Å². The molecule has 1 aliphatic rings. The topological polar surface area (TPSA) is 86.2 Å². The van der Waals surface area contributed by atoms with E-state index in [2.05, 4.69) is 15.5 Å². The van der Waals surface area contributed by atoms with Crippen LogP contribution < -0.4 is 15.8 Å². The molecule has 0 saturated carbocycles. The van der Waals surface area contributed by atoms with Gasteiger partial charge in [-0.15, -0.1) is 0 Å². The molecule has 2 aromatic rings. The lowest BCUT2D eigenvalue weighted by Crippen LogP contribution is -2.26. The Morgan fingerprint density at radius 1 is 1.43 bits per heavy atom. The van der Waals surface area contributed by atoms with Gasteiger partial charge in [-0.3, -0.25) is 0 Å². The summed E-state index contributed by atoms with van der Waals surface area (Å²) in [6.45, 7) is 0.972. The predicted octanol–water partition coefficient (Wildman–Crippen LogP) is 2.80. The van der Waals surface area contributed by atoms with E-state index in [9.17, 15) is 0 Å².